The van der Waals surface area contributed by atoms with Gasteiger partial charge in [0.2, 0.25) is 5.95 Å². The van der Waals surface area contributed by atoms with Gasteiger partial charge in [0.15, 0.2) is 0 Å². The minimum absolute atomic E-state index is 0.0856. The van der Waals surface area contributed by atoms with Crippen LogP contribution in [0.2, 0.25) is 0 Å². The highest BCUT2D eigenvalue weighted by molar-refractivity contribution is 5.86. The molecule has 0 bridgehead atoms. The molecule has 0 radical (unpaired) electrons. The number of nitrogens with zero attached hydrogens (tertiary/aromatic N) is 2. The maximum Gasteiger partial charge on any atom is 0.338 e. The average molecular weight is 299 g/mol. The Kier molecular flexibility index (Phi) is 4.29. The highest BCUT2D eigenvalue weighted by atomic mass is 16.5. The number of hydrogen-bond donors (Lipinski definition) is 2. The molecule has 1 aliphatic rings. The summed E-state index contributed by atoms with van der Waals surface area (Å²) in [5, 5.41) is 11.9. The van der Waals surface area contributed by atoms with E-state index in [1.165, 1.54) is 29.1 Å². The zero-order valence-corrected chi connectivity index (χ0v) is 12.1. The maximum absolute atomic E-state index is 10.7. The zero-order valence-electron chi connectivity index (χ0n) is 12.1. The lowest BCUT2D eigenvalue weighted by atomic mass is 9.99. The number of carboxylic acids is 1. The molecule has 22 heavy (non-hydrogen) atoms. The Morgan fingerprint density at radius 3 is 2.86 bits per heavy atom. The van der Waals surface area contributed by atoms with E-state index in [2.05, 4.69) is 33.5 Å². The van der Waals surface area contributed by atoms with Crippen LogP contribution < -0.4 is 5.32 Å². The van der Waals surface area contributed by atoms with E-state index in [4.69, 9.17) is 9.84 Å². The van der Waals surface area contributed by atoms with Gasteiger partial charge in [-0.1, -0.05) is 18.2 Å². The van der Waals surface area contributed by atoms with Gasteiger partial charge in [-0.05, 0) is 29.5 Å². The Morgan fingerprint density at radius 1 is 1.27 bits per heavy atom. The van der Waals surface area contributed by atoms with Gasteiger partial charge in [-0.25, -0.2) is 14.8 Å². The molecule has 0 spiro atoms. The van der Waals surface area contributed by atoms with E-state index < -0.39 is 5.97 Å². The van der Waals surface area contributed by atoms with Crippen LogP contribution in [0.25, 0.3) is 0 Å². The van der Waals surface area contributed by atoms with Crippen LogP contribution in [-0.2, 0) is 24.2 Å². The van der Waals surface area contributed by atoms with E-state index in [1.807, 2.05) is 0 Å². The normalized spacial score (nSPS) is 13.5. The molecule has 0 atom stereocenters. The minimum Gasteiger partial charge on any atom is -0.478 e. The summed E-state index contributed by atoms with van der Waals surface area (Å²) >= 11 is 0. The third-order valence-electron chi connectivity index (χ3n) is 3.64. The molecule has 3 rings (SSSR count). The number of aromatic nitrogens is 2. The first-order valence-corrected chi connectivity index (χ1v) is 7.20. The number of rotatable bonds is 5. The second-order valence-electron chi connectivity index (χ2n) is 5.18. The first kappa shape index (κ1) is 14.5. The monoisotopic (exact) mass is 299 g/mol. The summed E-state index contributed by atoms with van der Waals surface area (Å²) in [6, 6.07) is 6.47. The summed E-state index contributed by atoms with van der Waals surface area (Å²) in [5.74, 6) is -0.582. The second-order valence-corrected chi connectivity index (χ2v) is 5.18. The fourth-order valence-electron chi connectivity index (χ4n) is 2.42. The third kappa shape index (κ3) is 3.40. The van der Waals surface area contributed by atoms with Gasteiger partial charge in [-0.2, -0.15) is 0 Å². The first-order chi connectivity index (χ1) is 10.7. The van der Waals surface area contributed by atoms with Crippen molar-refractivity contribution in [2.75, 3.05) is 18.5 Å². The van der Waals surface area contributed by atoms with Crippen molar-refractivity contribution in [2.24, 2.45) is 0 Å². The van der Waals surface area contributed by atoms with Crippen molar-refractivity contribution in [2.45, 2.75) is 19.4 Å². The number of nitrogens with one attached hydrogen (secondary N) is 1. The molecule has 0 saturated carbocycles. The molecule has 1 aromatic carbocycles. The lowest BCUT2D eigenvalue weighted by Crippen LogP contribution is -2.12. The van der Waals surface area contributed by atoms with E-state index in [9.17, 15) is 4.79 Å². The predicted molar refractivity (Wildman–Crippen MR) is 81.0 cm³/mol. The maximum atomic E-state index is 10.7. The number of benzene rings is 1. The van der Waals surface area contributed by atoms with Gasteiger partial charge < -0.3 is 15.2 Å². The molecule has 2 heterocycles. The fourth-order valence-corrected chi connectivity index (χ4v) is 2.42. The van der Waals surface area contributed by atoms with Crippen molar-refractivity contribution in [3.05, 3.63) is 52.8 Å². The predicted octanol–water partition coefficient (Wildman–Crippen LogP) is 1.90. The second kappa shape index (κ2) is 6.53. The van der Waals surface area contributed by atoms with Crippen LogP contribution in [0.5, 0.6) is 0 Å². The molecule has 2 N–H and O–H groups in total. The van der Waals surface area contributed by atoms with Crippen LogP contribution in [0.1, 0.15) is 27.0 Å². The van der Waals surface area contributed by atoms with Gasteiger partial charge in [-0.15, -0.1) is 0 Å². The molecule has 2 aromatic rings. The Morgan fingerprint density at radius 2 is 2.09 bits per heavy atom. The third-order valence-corrected chi connectivity index (χ3v) is 3.64. The molecule has 0 aliphatic carbocycles. The number of hydrogen-bond acceptors (Lipinski definition) is 5. The topological polar surface area (TPSA) is 84.3 Å². The molecule has 114 valence electrons. The SMILES string of the molecule is O=C(O)c1cnc(NCCc2ccc3c(c2)CCOC3)nc1. The fraction of sp³-hybridized carbons (Fsp3) is 0.312. The van der Waals surface area contributed by atoms with Crippen LogP contribution in [0, 0.1) is 0 Å². The molecule has 0 saturated heterocycles. The molecule has 0 unspecified atom stereocenters. The molecule has 6 nitrogen and oxygen atoms in total. The van der Waals surface area contributed by atoms with E-state index in [0.717, 1.165) is 19.4 Å². The van der Waals surface area contributed by atoms with Crippen LogP contribution in [-0.4, -0.2) is 34.2 Å². The Balaban J connectivity index is 1.55. The minimum atomic E-state index is -1.02. The van der Waals surface area contributed by atoms with Crippen LogP contribution in [0.3, 0.4) is 0 Å². The van der Waals surface area contributed by atoms with Gasteiger partial charge in [0.05, 0.1) is 18.8 Å². The average Bonchev–Trinajstić information content (AvgIpc) is 2.55. The summed E-state index contributed by atoms with van der Waals surface area (Å²) in [6.45, 7) is 2.19. The van der Waals surface area contributed by atoms with E-state index >= 15 is 0 Å². The Bertz CT molecular complexity index is 671. The van der Waals surface area contributed by atoms with Crippen molar-refractivity contribution in [3.63, 3.8) is 0 Å². The Hall–Kier alpha value is -2.47. The number of carboxylic acid groups (broad SMARTS) is 1. The summed E-state index contributed by atoms with van der Waals surface area (Å²) in [4.78, 5) is 18.7. The largest absolute Gasteiger partial charge is 0.478 e. The molecule has 0 fully saturated rings. The van der Waals surface area contributed by atoms with Crippen molar-refractivity contribution in [3.8, 4) is 0 Å². The molecule has 6 heteroatoms. The summed E-state index contributed by atoms with van der Waals surface area (Å²) in [7, 11) is 0. The molecular formula is C16H17N3O3. The standard InChI is InChI=1S/C16H17N3O3/c20-15(21)14-8-18-16(19-9-14)17-5-3-11-1-2-13-10-22-6-4-12(13)7-11/h1-2,7-9H,3-6,10H2,(H,20,21)(H,17,18,19). The number of carbonyl (C=O) groups is 1. The number of anilines is 1. The van der Waals surface area contributed by atoms with Gasteiger partial charge in [0.25, 0.3) is 0 Å². The van der Waals surface area contributed by atoms with Gasteiger partial charge in [0.1, 0.15) is 0 Å². The lowest BCUT2D eigenvalue weighted by molar-refractivity contribution is 0.0696. The molecule has 1 aromatic heterocycles. The van der Waals surface area contributed by atoms with E-state index in [1.54, 1.807) is 0 Å². The summed E-state index contributed by atoms with van der Waals surface area (Å²) in [6.07, 6.45) is 4.43. The molecule has 0 amide bonds. The molecule has 1 aliphatic heterocycles. The van der Waals surface area contributed by atoms with Gasteiger partial charge in [-0.3, -0.25) is 0 Å². The number of fused-ring (bicyclic) bond motifs is 1. The van der Waals surface area contributed by atoms with E-state index in [-0.39, 0.29) is 5.56 Å². The lowest BCUT2D eigenvalue weighted by Gasteiger charge is -2.17. The highest BCUT2D eigenvalue weighted by Gasteiger charge is 2.09. The zero-order chi connectivity index (χ0) is 15.4. The van der Waals surface area contributed by atoms with Crippen molar-refractivity contribution in [1.29, 1.82) is 0 Å². The number of ether oxygens (including phenoxy) is 1. The van der Waals surface area contributed by atoms with Crippen LogP contribution >= 0.6 is 0 Å². The number of aromatic carboxylic acids is 1. The smallest absolute Gasteiger partial charge is 0.338 e. The molecular weight excluding hydrogens is 282 g/mol. The Labute approximate surface area is 128 Å². The summed E-state index contributed by atoms with van der Waals surface area (Å²) in [5.41, 5.74) is 3.99. The first-order valence-electron chi connectivity index (χ1n) is 7.20. The van der Waals surface area contributed by atoms with Crippen molar-refractivity contribution in [1.82, 2.24) is 9.97 Å². The highest BCUT2D eigenvalue weighted by Crippen LogP contribution is 2.18. The van der Waals surface area contributed by atoms with Gasteiger partial charge in [0, 0.05) is 18.9 Å². The van der Waals surface area contributed by atoms with Crippen LogP contribution in [0.4, 0.5) is 5.95 Å². The van der Waals surface area contributed by atoms with Crippen molar-refractivity contribution < 1.29 is 14.6 Å². The van der Waals surface area contributed by atoms with E-state index in [0.29, 0.717) is 19.1 Å². The quantitative estimate of drug-likeness (QED) is 0.877. The summed E-state index contributed by atoms with van der Waals surface area (Å²) < 4.78 is 5.43. The van der Waals surface area contributed by atoms with Gasteiger partial charge >= 0.3 is 5.97 Å². The van der Waals surface area contributed by atoms with Crippen LogP contribution in [0.15, 0.2) is 30.6 Å². The van der Waals surface area contributed by atoms with Crippen molar-refractivity contribution >= 4 is 11.9 Å².